The molecule has 7 nitrogen and oxygen atoms in total. The Kier molecular flexibility index (Phi) is 5.00. The number of nitro groups is 1. The standard InChI is InChI=1S/C13H16BrN3O4/c14-10-5-2-6-11(12(10)17(20)21)15-8-3-1-4-9(7-8)16-13(18)19/h2,5-6,8-9,15-16H,1,3-4,7H2,(H,18,19)/t8-,9+/m0/s1. The number of carboxylic acid groups (broad SMARTS) is 1. The van der Waals surface area contributed by atoms with E-state index in [0.29, 0.717) is 16.6 Å². The molecule has 114 valence electrons. The van der Waals surface area contributed by atoms with Crippen molar-refractivity contribution in [3.63, 3.8) is 0 Å². The molecule has 2 atom stereocenters. The van der Waals surface area contributed by atoms with E-state index in [-0.39, 0.29) is 17.8 Å². The monoisotopic (exact) mass is 357 g/mol. The average molecular weight is 358 g/mol. The van der Waals surface area contributed by atoms with Crippen LogP contribution in [-0.2, 0) is 0 Å². The lowest BCUT2D eigenvalue weighted by Crippen LogP contribution is -2.41. The van der Waals surface area contributed by atoms with Crippen molar-refractivity contribution in [1.82, 2.24) is 5.32 Å². The first-order chi connectivity index (χ1) is 9.97. The Morgan fingerprint density at radius 1 is 1.38 bits per heavy atom. The van der Waals surface area contributed by atoms with Crippen molar-refractivity contribution >= 4 is 33.4 Å². The predicted molar refractivity (Wildman–Crippen MR) is 81.6 cm³/mol. The molecule has 0 heterocycles. The number of nitro benzene ring substituents is 1. The summed E-state index contributed by atoms with van der Waals surface area (Å²) in [4.78, 5) is 21.4. The van der Waals surface area contributed by atoms with Gasteiger partial charge in [0.25, 0.3) is 0 Å². The normalized spacial score (nSPS) is 21.6. The quantitative estimate of drug-likeness (QED) is 0.566. The topological polar surface area (TPSA) is 104 Å². The Morgan fingerprint density at radius 2 is 2.10 bits per heavy atom. The van der Waals surface area contributed by atoms with E-state index >= 15 is 0 Å². The number of nitrogens with zero attached hydrogens (tertiary/aromatic N) is 1. The fourth-order valence-electron chi connectivity index (χ4n) is 2.66. The zero-order valence-electron chi connectivity index (χ0n) is 11.2. The summed E-state index contributed by atoms with van der Waals surface area (Å²) in [5, 5.41) is 25.6. The lowest BCUT2D eigenvalue weighted by atomic mass is 9.91. The SMILES string of the molecule is O=C(O)N[C@@H]1CCC[C@H](Nc2cccc(Br)c2[N+](=O)[O-])C1. The van der Waals surface area contributed by atoms with E-state index in [1.807, 2.05) is 0 Å². The fraction of sp³-hybridized carbons (Fsp3) is 0.462. The second-order valence-electron chi connectivity index (χ2n) is 5.05. The molecule has 0 aliphatic heterocycles. The lowest BCUT2D eigenvalue weighted by Gasteiger charge is -2.30. The molecular formula is C13H16BrN3O4. The molecular weight excluding hydrogens is 342 g/mol. The molecule has 3 N–H and O–H groups in total. The molecule has 0 spiro atoms. The van der Waals surface area contributed by atoms with Crippen LogP contribution in [0.3, 0.4) is 0 Å². The molecule has 0 saturated heterocycles. The van der Waals surface area contributed by atoms with E-state index in [1.54, 1.807) is 18.2 Å². The lowest BCUT2D eigenvalue weighted by molar-refractivity contribution is -0.384. The molecule has 1 aliphatic rings. The third kappa shape index (κ3) is 4.07. The number of rotatable bonds is 4. The predicted octanol–water partition coefficient (Wildman–Crippen LogP) is 3.35. The van der Waals surface area contributed by atoms with Crippen molar-refractivity contribution in [1.29, 1.82) is 0 Å². The largest absolute Gasteiger partial charge is 0.465 e. The van der Waals surface area contributed by atoms with Gasteiger partial charge in [-0.1, -0.05) is 6.07 Å². The summed E-state index contributed by atoms with van der Waals surface area (Å²) in [6.07, 6.45) is 2.13. The highest BCUT2D eigenvalue weighted by atomic mass is 79.9. The van der Waals surface area contributed by atoms with Gasteiger partial charge in [0.05, 0.1) is 9.40 Å². The van der Waals surface area contributed by atoms with Crippen LogP contribution in [0, 0.1) is 10.1 Å². The van der Waals surface area contributed by atoms with Gasteiger partial charge in [-0.2, -0.15) is 0 Å². The van der Waals surface area contributed by atoms with Gasteiger partial charge in [-0.15, -0.1) is 0 Å². The highest BCUT2D eigenvalue weighted by molar-refractivity contribution is 9.10. The molecule has 0 bridgehead atoms. The van der Waals surface area contributed by atoms with Crippen molar-refractivity contribution in [3.05, 3.63) is 32.8 Å². The number of nitrogens with one attached hydrogen (secondary N) is 2. The number of hydrogen-bond acceptors (Lipinski definition) is 4. The van der Waals surface area contributed by atoms with E-state index in [0.717, 1.165) is 19.3 Å². The van der Waals surface area contributed by atoms with Crippen LogP contribution in [0.15, 0.2) is 22.7 Å². The minimum Gasteiger partial charge on any atom is -0.465 e. The zero-order chi connectivity index (χ0) is 15.4. The maximum absolute atomic E-state index is 11.1. The average Bonchev–Trinajstić information content (AvgIpc) is 2.37. The zero-order valence-corrected chi connectivity index (χ0v) is 12.8. The highest BCUT2D eigenvalue weighted by Gasteiger charge is 2.26. The molecule has 2 rings (SSSR count). The maximum atomic E-state index is 11.1. The summed E-state index contributed by atoms with van der Waals surface area (Å²) in [5.74, 6) is 0. The van der Waals surface area contributed by atoms with Gasteiger partial charge in [-0.25, -0.2) is 4.79 Å². The van der Waals surface area contributed by atoms with Gasteiger partial charge in [0.2, 0.25) is 0 Å². The smallest absolute Gasteiger partial charge is 0.404 e. The van der Waals surface area contributed by atoms with Crippen LogP contribution in [0.4, 0.5) is 16.2 Å². The third-order valence-corrected chi connectivity index (χ3v) is 4.17. The molecule has 1 saturated carbocycles. The van der Waals surface area contributed by atoms with E-state index in [9.17, 15) is 14.9 Å². The van der Waals surface area contributed by atoms with Crippen LogP contribution < -0.4 is 10.6 Å². The summed E-state index contributed by atoms with van der Waals surface area (Å²) in [6.45, 7) is 0. The van der Waals surface area contributed by atoms with E-state index < -0.39 is 11.0 Å². The van der Waals surface area contributed by atoms with Crippen LogP contribution in [0.2, 0.25) is 0 Å². The Labute approximate surface area is 130 Å². The summed E-state index contributed by atoms with van der Waals surface area (Å²) in [6, 6.07) is 4.93. The van der Waals surface area contributed by atoms with Gasteiger partial charge in [-0.05, 0) is 53.7 Å². The maximum Gasteiger partial charge on any atom is 0.404 e. The van der Waals surface area contributed by atoms with Crippen molar-refractivity contribution in [3.8, 4) is 0 Å². The van der Waals surface area contributed by atoms with Crippen molar-refractivity contribution < 1.29 is 14.8 Å². The molecule has 0 radical (unpaired) electrons. The summed E-state index contributed by atoms with van der Waals surface area (Å²) in [7, 11) is 0. The van der Waals surface area contributed by atoms with Crippen LogP contribution >= 0.6 is 15.9 Å². The van der Waals surface area contributed by atoms with E-state index in [4.69, 9.17) is 5.11 Å². The van der Waals surface area contributed by atoms with Crippen LogP contribution in [0.5, 0.6) is 0 Å². The van der Waals surface area contributed by atoms with Crippen molar-refractivity contribution in [2.24, 2.45) is 0 Å². The molecule has 8 heteroatoms. The van der Waals surface area contributed by atoms with Gasteiger partial charge >= 0.3 is 11.8 Å². The number of anilines is 1. The minimum absolute atomic E-state index is 0.00539. The number of para-hydroxylation sites is 1. The molecule has 1 aromatic rings. The molecule has 1 fully saturated rings. The molecule has 1 aliphatic carbocycles. The first kappa shape index (κ1) is 15.6. The Hall–Kier alpha value is -1.83. The van der Waals surface area contributed by atoms with Gasteiger partial charge in [0.1, 0.15) is 5.69 Å². The first-order valence-corrected chi connectivity index (χ1v) is 7.45. The summed E-state index contributed by atoms with van der Waals surface area (Å²) >= 11 is 3.19. The Bertz CT molecular complexity index is 552. The number of hydrogen-bond donors (Lipinski definition) is 3. The van der Waals surface area contributed by atoms with Gasteiger partial charge in [0, 0.05) is 12.1 Å². The van der Waals surface area contributed by atoms with Gasteiger partial charge in [0.15, 0.2) is 0 Å². The van der Waals surface area contributed by atoms with Crippen LogP contribution in [0.25, 0.3) is 0 Å². The minimum atomic E-state index is -1.03. The van der Waals surface area contributed by atoms with Crippen molar-refractivity contribution in [2.45, 2.75) is 37.8 Å². The summed E-state index contributed by atoms with van der Waals surface area (Å²) < 4.78 is 0.425. The second-order valence-corrected chi connectivity index (χ2v) is 5.90. The first-order valence-electron chi connectivity index (χ1n) is 6.66. The van der Waals surface area contributed by atoms with Crippen LogP contribution in [-0.4, -0.2) is 28.2 Å². The van der Waals surface area contributed by atoms with Crippen LogP contribution in [0.1, 0.15) is 25.7 Å². The molecule has 1 aromatic carbocycles. The van der Waals surface area contributed by atoms with Gasteiger partial charge in [-0.3, -0.25) is 10.1 Å². The second kappa shape index (κ2) is 6.75. The van der Waals surface area contributed by atoms with Crippen molar-refractivity contribution in [2.75, 3.05) is 5.32 Å². The number of benzene rings is 1. The molecule has 1 amide bonds. The van der Waals surface area contributed by atoms with E-state index in [2.05, 4.69) is 26.6 Å². The van der Waals surface area contributed by atoms with E-state index in [1.165, 1.54) is 0 Å². The number of halogens is 1. The molecule has 0 aromatic heterocycles. The third-order valence-electron chi connectivity index (χ3n) is 3.53. The fourth-order valence-corrected chi connectivity index (χ4v) is 3.17. The Balaban J connectivity index is 2.09. The Morgan fingerprint density at radius 3 is 2.76 bits per heavy atom. The number of carbonyl (C=O) groups is 1. The molecule has 0 unspecified atom stereocenters. The highest BCUT2D eigenvalue weighted by Crippen LogP contribution is 2.34. The number of amides is 1. The summed E-state index contributed by atoms with van der Waals surface area (Å²) in [5.41, 5.74) is 0.459. The molecule has 21 heavy (non-hydrogen) atoms. The van der Waals surface area contributed by atoms with Gasteiger partial charge < -0.3 is 15.7 Å².